The summed E-state index contributed by atoms with van der Waals surface area (Å²) in [5, 5.41) is 0.149. The van der Waals surface area contributed by atoms with Gasteiger partial charge >= 0.3 is 7.60 Å². The summed E-state index contributed by atoms with van der Waals surface area (Å²) in [6.45, 7) is 3.80. The van der Waals surface area contributed by atoms with Gasteiger partial charge in [-0.2, -0.15) is 0 Å². The smallest absolute Gasteiger partial charge is 0.321 e. The van der Waals surface area contributed by atoms with Crippen LogP contribution in [0, 0.1) is 13.8 Å². The lowest BCUT2D eigenvalue weighted by Gasteiger charge is -2.11. The highest BCUT2D eigenvalue weighted by Gasteiger charge is 2.25. The first kappa shape index (κ1) is 12.6. The molecule has 4 heteroatoms. The van der Waals surface area contributed by atoms with Gasteiger partial charge in [0.05, 0.1) is 5.30 Å². The van der Waals surface area contributed by atoms with Gasteiger partial charge in [-0.3, -0.25) is 4.57 Å². The quantitative estimate of drug-likeness (QED) is 0.671. The lowest BCUT2D eigenvalue weighted by molar-refractivity contribution is 0.387. The second-order valence-electron chi connectivity index (χ2n) is 5.18. The molecule has 0 fully saturated rings. The van der Waals surface area contributed by atoms with Crippen molar-refractivity contribution < 1.29 is 14.4 Å². The Morgan fingerprint density at radius 3 is 2.37 bits per heavy atom. The molecule has 98 valence electrons. The summed E-state index contributed by atoms with van der Waals surface area (Å²) in [6, 6.07) is 9.87. The molecule has 0 bridgehead atoms. The van der Waals surface area contributed by atoms with Gasteiger partial charge in [0.25, 0.3) is 0 Å². The normalized spacial score (nSPS) is 13.3. The first-order valence-corrected chi connectivity index (χ1v) is 7.77. The van der Waals surface area contributed by atoms with Crippen molar-refractivity contribution >= 4 is 12.9 Å². The second kappa shape index (κ2) is 4.04. The summed E-state index contributed by atoms with van der Waals surface area (Å²) in [6.07, 6.45) is 0.748. The molecule has 2 aromatic rings. The molecule has 2 aromatic carbocycles. The molecule has 3 rings (SSSR count). The Balaban J connectivity index is 2.23. The van der Waals surface area contributed by atoms with Crippen molar-refractivity contribution in [1.29, 1.82) is 0 Å². The molecule has 0 unspecified atom stereocenters. The van der Waals surface area contributed by atoms with Gasteiger partial charge < -0.3 is 9.79 Å². The van der Waals surface area contributed by atoms with E-state index in [4.69, 9.17) is 0 Å². The average molecular weight is 274 g/mol. The molecule has 0 saturated heterocycles. The fraction of sp³-hybridized carbons (Fsp3) is 0.200. The van der Waals surface area contributed by atoms with Crippen LogP contribution in [0.4, 0.5) is 0 Å². The van der Waals surface area contributed by atoms with Crippen molar-refractivity contribution in [3.63, 3.8) is 0 Å². The van der Waals surface area contributed by atoms with Crippen LogP contribution in [0.1, 0.15) is 22.3 Å². The van der Waals surface area contributed by atoms with E-state index in [-0.39, 0.29) is 5.30 Å². The Morgan fingerprint density at radius 1 is 1.00 bits per heavy atom. The van der Waals surface area contributed by atoms with Gasteiger partial charge in [-0.1, -0.05) is 29.8 Å². The van der Waals surface area contributed by atoms with Crippen LogP contribution in [0.15, 0.2) is 30.3 Å². The van der Waals surface area contributed by atoms with E-state index in [2.05, 4.69) is 25.1 Å². The minimum absolute atomic E-state index is 0.149. The molecular weight excluding hydrogens is 259 g/mol. The largest absolute Gasteiger partial charge is 0.356 e. The zero-order valence-corrected chi connectivity index (χ0v) is 11.7. The monoisotopic (exact) mass is 274 g/mol. The zero-order chi connectivity index (χ0) is 13.8. The Morgan fingerprint density at radius 2 is 1.68 bits per heavy atom. The third-order valence-corrected chi connectivity index (χ3v) is 4.78. The Hall–Kier alpha value is -1.41. The summed E-state index contributed by atoms with van der Waals surface area (Å²) in [4.78, 5) is 18.7. The Labute approximate surface area is 112 Å². The van der Waals surface area contributed by atoms with E-state index in [1.165, 1.54) is 16.7 Å². The predicted molar refractivity (Wildman–Crippen MR) is 75.8 cm³/mol. The van der Waals surface area contributed by atoms with Crippen molar-refractivity contribution in [3.8, 4) is 11.1 Å². The maximum Gasteiger partial charge on any atom is 0.356 e. The van der Waals surface area contributed by atoms with E-state index in [1.807, 2.05) is 6.07 Å². The van der Waals surface area contributed by atoms with E-state index < -0.39 is 7.60 Å². The minimum atomic E-state index is -4.19. The molecule has 19 heavy (non-hydrogen) atoms. The topological polar surface area (TPSA) is 57.5 Å². The molecule has 0 aromatic heterocycles. The molecule has 1 aliphatic carbocycles. The molecule has 1 aliphatic rings. The highest BCUT2D eigenvalue weighted by Crippen LogP contribution is 2.41. The molecule has 3 nitrogen and oxygen atoms in total. The van der Waals surface area contributed by atoms with Crippen LogP contribution in [-0.4, -0.2) is 9.79 Å². The van der Waals surface area contributed by atoms with Crippen molar-refractivity contribution in [2.75, 3.05) is 0 Å². The summed E-state index contributed by atoms with van der Waals surface area (Å²) >= 11 is 0. The number of benzene rings is 2. The molecule has 0 spiro atoms. The molecule has 0 radical (unpaired) electrons. The number of aryl methyl sites for hydroxylation is 2. The van der Waals surface area contributed by atoms with E-state index in [9.17, 15) is 14.4 Å². The third-order valence-electron chi connectivity index (χ3n) is 3.67. The van der Waals surface area contributed by atoms with Gasteiger partial charge in [-0.25, -0.2) is 0 Å². The molecule has 0 heterocycles. The summed E-state index contributed by atoms with van der Waals surface area (Å²) in [5.41, 5.74) is 6.38. The molecule has 0 atom stereocenters. The number of hydrogen-bond acceptors (Lipinski definition) is 1. The average Bonchev–Trinajstić information content (AvgIpc) is 2.64. The van der Waals surface area contributed by atoms with E-state index in [0.29, 0.717) is 5.56 Å². The summed E-state index contributed by atoms with van der Waals surface area (Å²) in [7, 11) is -4.19. The first-order valence-electron chi connectivity index (χ1n) is 6.16. The van der Waals surface area contributed by atoms with Gasteiger partial charge in [-0.15, -0.1) is 0 Å². The van der Waals surface area contributed by atoms with E-state index >= 15 is 0 Å². The van der Waals surface area contributed by atoms with Gasteiger partial charge in [0, 0.05) is 0 Å². The minimum Gasteiger partial charge on any atom is -0.321 e. The first-order chi connectivity index (χ1) is 8.86. The summed E-state index contributed by atoms with van der Waals surface area (Å²) in [5.74, 6) is 0. The number of hydrogen-bond donors (Lipinski definition) is 2. The van der Waals surface area contributed by atoms with Crippen LogP contribution >= 0.6 is 7.60 Å². The highest BCUT2D eigenvalue weighted by molar-refractivity contribution is 7.60. The Kier molecular flexibility index (Phi) is 2.68. The second-order valence-corrected chi connectivity index (χ2v) is 6.75. The predicted octanol–water partition coefficient (Wildman–Crippen LogP) is 2.68. The lowest BCUT2D eigenvalue weighted by atomic mass is 10.0. The molecule has 0 aliphatic heterocycles. The van der Waals surface area contributed by atoms with Gasteiger partial charge in [0.15, 0.2) is 0 Å². The van der Waals surface area contributed by atoms with Crippen LogP contribution in [0.25, 0.3) is 11.1 Å². The van der Waals surface area contributed by atoms with Crippen LogP contribution in [0.2, 0.25) is 0 Å². The highest BCUT2D eigenvalue weighted by atomic mass is 31.2. The van der Waals surface area contributed by atoms with Crippen LogP contribution in [0.3, 0.4) is 0 Å². The fourth-order valence-corrected chi connectivity index (χ4v) is 3.60. The van der Waals surface area contributed by atoms with Gasteiger partial charge in [0.2, 0.25) is 0 Å². The summed E-state index contributed by atoms with van der Waals surface area (Å²) < 4.78 is 11.5. The fourth-order valence-electron chi connectivity index (χ4n) is 2.75. The third kappa shape index (κ3) is 2.04. The standard InChI is InChI=1S/C15H15O3P/c1-9-3-4-11-7-12-8-15(19(16,17)18)10(2)6-14(12)13(11)5-9/h3-6,8H,7H2,1-2H3,(H2,16,17,18). The Bertz CT molecular complexity index is 728. The van der Waals surface area contributed by atoms with E-state index in [1.54, 1.807) is 13.0 Å². The van der Waals surface area contributed by atoms with Crippen LogP contribution < -0.4 is 5.30 Å². The lowest BCUT2D eigenvalue weighted by Crippen LogP contribution is -2.09. The van der Waals surface area contributed by atoms with Gasteiger partial charge in [-0.05, 0) is 54.2 Å². The molecule has 0 saturated carbocycles. The van der Waals surface area contributed by atoms with Crippen LogP contribution in [-0.2, 0) is 11.0 Å². The van der Waals surface area contributed by atoms with Gasteiger partial charge in [0.1, 0.15) is 0 Å². The molecule has 0 amide bonds. The van der Waals surface area contributed by atoms with Crippen molar-refractivity contribution in [1.82, 2.24) is 0 Å². The maximum absolute atomic E-state index is 11.5. The molecular formula is C15H15O3P. The SMILES string of the molecule is Cc1ccc2c(c1)-c1cc(C)c(P(=O)(O)O)cc1C2. The van der Waals surface area contributed by atoms with E-state index in [0.717, 1.165) is 17.5 Å². The van der Waals surface area contributed by atoms with Crippen molar-refractivity contribution in [2.45, 2.75) is 20.3 Å². The number of rotatable bonds is 1. The van der Waals surface area contributed by atoms with Crippen molar-refractivity contribution in [2.24, 2.45) is 0 Å². The van der Waals surface area contributed by atoms with Crippen LogP contribution in [0.5, 0.6) is 0 Å². The van der Waals surface area contributed by atoms with Crippen molar-refractivity contribution in [3.05, 3.63) is 52.6 Å². The number of fused-ring (bicyclic) bond motifs is 3. The molecule has 2 N–H and O–H groups in total. The zero-order valence-electron chi connectivity index (χ0n) is 10.8. The maximum atomic E-state index is 11.5.